The molecule has 1 aromatic rings. The second-order valence-electron chi connectivity index (χ2n) is 5.65. The molecule has 124 valence electrons. The Hall–Kier alpha value is -1.41. The van der Waals surface area contributed by atoms with Crippen molar-refractivity contribution in [2.75, 3.05) is 44.2 Å². The molecule has 2 rings (SSSR count). The molecule has 0 amide bonds. The number of carbonyl (C=O) groups excluding carboxylic acids is 1. The van der Waals surface area contributed by atoms with Crippen molar-refractivity contribution in [3.8, 4) is 5.88 Å². The van der Waals surface area contributed by atoms with Crippen molar-refractivity contribution >= 4 is 23.5 Å². The van der Waals surface area contributed by atoms with Gasteiger partial charge >= 0.3 is 5.97 Å². The zero-order chi connectivity index (χ0) is 16.2. The quantitative estimate of drug-likeness (QED) is 0.731. The van der Waals surface area contributed by atoms with E-state index in [0.29, 0.717) is 12.5 Å². The molecule has 1 saturated heterocycles. The smallest absolute Gasteiger partial charge is 0.349 e. The highest BCUT2D eigenvalue weighted by Gasteiger charge is 2.34. The normalized spacial score (nSPS) is 16.6. The van der Waals surface area contributed by atoms with Crippen LogP contribution in [-0.2, 0) is 9.53 Å². The van der Waals surface area contributed by atoms with Crippen molar-refractivity contribution in [2.45, 2.75) is 33.3 Å². The van der Waals surface area contributed by atoms with Crippen LogP contribution in [0.4, 0.5) is 5.82 Å². The molecule has 7 nitrogen and oxygen atoms in total. The first-order valence-corrected chi connectivity index (χ1v) is 8.37. The van der Waals surface area contributed by atoms with Gasteiger partial charge in [-0.25, -0.2) is 4.79 Å². The van der Waals surface area contributed by atoms with E-state index in [4.69, 9.17) is 9.47 Å². The number of ether oxygens (including phenoxy) is 2. The molecule has 0 unspecified atom stereocenters. The number of carbonyl (C=O) groups is 1. The fraction of sp³-hybridized carbons (Fsp3) is 0.786. The third kappa shape index (κ3) is 3.86. The lowest BCUT2D eigenvalue weighted by molar-refractivity contribution is -0.158. The van der Waals surface area contributed by atoms with Gasteiger partial charge in [-0.1, -0.05) is 6.92 Å². The van der Waals surface area contributed by atoms with Crippen LogP contribution in [-0.4, -0.2) is 64.5 Å². The molecule has 0 atom stereocenters. The van der Waals surface area contributed by atoms with Crippen LogP contribution in [0.25, 0.3) is 0 Å². The summed E-state index contributed by atoms with van der Waals surface area (Å²) in [6.45, 7) is 12.4. The number of hydrogen-bond donors (Lipinski definition) is 0. The first-order chi connectivity index (χ1) is 10.5. The first kappa shape index (κ1) is 17.0. The molecule has 0 saturated carbocycles. The number of aromatic nitrogens is 2. The van der Waals surface area contributed by atoms with Crippen LogP contribution in [0.3, 0.4) is 0 Å². The largest absolute Gasteiger partial charge is 0.463 e. The number of hydrogen-bond acceptors (Lipinski definition) is 8. The molecular formula is C14H24N4O3S. The highest BCUT2D eigenvalue weighted by Crippen LogP contribution is 2.30. The summed E-state index contributed by atoms with van der Waals surface area (Å²) >= 11 is 1.10. The summed E-state index contributed by atoms with van der Waals surface area (Å²) in [7, 11) is 0. The Balaban J connectivity index is 2.05. The van der Waals surface area contributed by atoms with Gasteiger partial charge < -0.3 is 19.3 Å². The Kier molecular flexibility index (Phi) is 5.57. The van der Waals surface area contributed by atoms with Crippen LogP contribution >= 0.6 is 11.7 Å². The third-order valence-electron chi connectivity index (χ3n) is 3.68. The minimum Gasteiger partial charge on any atom is -0.463 e. The Bertz CT molecular complexity index is 498. The zero-order valence-corrected chi connectivity index (χ0v) is 14.5. The van der Waals surface area contributed by atoms with Crippen molar-refractivity contribution in [1.82, 2.24) is 13.6 Å². The average Bonchev–Trinajstić information content (AvgIpc) is 2.95. The summed E-state index contributed by atoms with van der Waals surface area (Å²) in [5.74, 6) is 0.732. The van der Waals surface area contributed by atoms with Crippen LogP contribution in [0.1, 0.15) is 27.7 Å². The maximum absolute atomic E-state index is 11.9. The summed E-state index contributed by atoms with van der Waals surface area (Å²) in [4.78, 5) is 16.5. The second-order valence-corrected chi connectivity index (χ2v) is 6.18. The Morgan fingerprint density at radius 2 is 1.91 bits per heavy atom. The third-order valence-corrected chi connectivity index (χ3v) is 4.18. The number of esters is 1. The molecule has 1 aliphatic rings. The summed E-state index contributed by atoms with van der Waals surface area (Å²) in [6.07, 6.45) is 0. The number of anilines is 1. The molecule has 1 fully saturated rings. The highest BCUT2D eigenvalue weighted by molar-refractivity contribution is 6.99. The van der Waals surface area contributed by atoms with Gasteiger partial charge in [-0.2, -0.15) is 4.37 Å². The Morgan fingerprint density at radius 3 is 2.50 bits per heavy atom. The van der Waals surface area contributed by atoms with Crippen molar-refractivity contribution in [3.63, 3.8) is 0 Å². The number of nitrogens with zero attached hydrogens (tertiary/aromatic N) is 4. The molecule has 0 spiro atoms. The number of likely N-dealkylation sites (N-methyl/N-ethyl adjacent to an activating group) is 1. The van der Waals surface area contributed by atoms with Gasteiger partial charge in [0, 0.05) is 26.2 Å². The predicted molar refractivity (Wildman–Crippen MR) is 85.6 cm³/mol. The molecule has 1 aromatic heterocycles. The molecule has 0 radical (unpaired) electrons. The Labute approximate surface area is 135 Å². The van der Waals surface area contributed by atoms with E-state index < -0.39 is 11.6 Å². The van der Waals surface area contributed by atoms with Crippen LogP contribution in [0.5, 0.6) is 5.88 Å². The predicted octanol–water partition coefficient (Wildman–Crippen LogP) is 1.40. The van der Waals surface area contributed by atoms with Gasteiger partial charge in [0.05, 0.1) is 18.3 Å². The van der Waals surface area contributed by atoms with E-state index in [-0.39, 0.29) is 0 Å². The topological polar surface area (TPSA) is 67.8 Å². The van der Waals surface area contributed by atoms with Gasteiger partial charge in [0.2, 0.25) is 11.4 Å². The molecule has 22 heavy (non-hydrogen) atoms. The van der Waals surface area contributed by atoms with E-state index in [1.165, 1.54) is 0 Å². The van der Waals surface area contributed by atoms with E-state index in [0.717, 1.165) is 50.3 Å². The first-order valence-electron chi connectivity index (χ1n) is 7.64. The molecule has 0 aliphatic carbocycles. The number of piperazine rings is 1. The van der Waals surface area contributed by atoms with Crippen molar-refractivity contribution in [2.24, 2.45) is 0 Å². The van der Waals surface area contributed by atoms with E-state index in [2.05, 4.69) is 25.5 Å². The van der Waals surface area contributed by atoms with E-state index in [1.54, 1.807) is 20.8 Å². The minimum absolute atomic E-state index is 0.326. The van der Waals surface area contributed by atoms with Gasteiger partial charge in [-0.05, 0) is 27.3 Å². The zero-order valence-electron chi connectivity index (χ0n) is 13.7. The van der Waals surface area contributed by atoms with Crippen molar-refractivity contribution in [3.05, 3.63) is 0 Å². The van der Waals surface area contributed by atoms with Crippen molar-refractivity contribution in [1.29, 1.82) is 0 Å². The van der Waals surface area contributed by atoms with Crippen LogP contribution in [0.2, 0.25) is 0 Å². The van der Waals surface area contributed by atoms with E-state index in [9.17, 15) is 4.79 Å². The van der Waals surface area contributed by atoms with Crippen LogP contribution in [0.15, 0.2) is 0 Å². The summed E-state index contributed by atoms with van der Waals surface area (Å²) in [5.41, 5.74) is -1.08. The van der Waals surface area contributed by atoms with Gasteiger partial charge in [0.25, 0.3) is 5.88 Å². The molecule has 0 aromatic carbocycles. The molecule has 1 aliphatic heterocycles. The van der Waals surface area contributed by atoms with E-state index >= 15 is 0 Å². The molecular weight excluding hydrogens is 304 g/mol. The van der Waals surface area contributed by atoms with Gasteiger partial charge in [-0.3, -0.25) is 0 Å². The van der Waals surface area contributed by atoms with Gasteiger partial charge in [0.1, 0.15) is 0 Å². The maximum atomic E-state index is 11.9. The average molecular weight is 328 g/mol. The van der Waals surface area contributed by atoms with Crippen molar-refractivity contribution < 1.29 is 14.3 Å². The molecule has 8 heteroatoms. The van der Waals surface area contributed by atoms with Crippen LogP contribution < -0.4 is 9.64 Å². The fourth-order valence-electron chi connectivity index (χ4n) is 2.30. The Morgan fingerprint density at radius 1 is 1.23 bits per heavy atom. The SMILES string of the molecule is CCOC(=O)C(C)(C)Oc1nsnc1N1CCN(CC)CC1. The summed E-state index contributed by atoms with van der Waals surface area (Å²) < 4.78 is 19.4. The molecule has 0 N–H and O–H groups in total. The van der Waals surface area contributed by atoms with E-state index in [1.807, 2.05) is 0 Å². The fourth-order valence-corrected chi connectivity index (χ4v) is 2.80. The molecule has 0 bridgehead atoms. The van der Waals surface area contributed by atoms with Gasteiger partial charge in [-0.15, -0.1) is 4.37 Å². The molecule has 2 heterocycles. The summed E-state index contributed by atoms with van der Waals surface area (Å²) in [5, 5.41) is 0. The number of rotatable bonds is 6. The lowest BCUT2D eigenvalue weighted by Gasteiger charge is -2.34. The lowest BCUT2D eigenvalue weighted by Crippen LogP contribution is -2.46. The second kappa shape index (κ2) is 7.23. The van der Waals surface area contributed by atoms with Crippen LogP contribution in [0, 0.1) is 0 Å². The highest BCUT2D eigenvalue weighted by atomic mass is 32.1. The monoisotopic (exact) mass is 328 g/mol. The van der Waals surface area contributed by atoms with Gasteiger partial charge in [0.15, 0.2) is 0 Å². The standard InChI is InChI=1S/C14H24N4O3S/c1-5-17-7-9-18(10-8-17)11-12(16-22-15-11)21-14(3,4)13(19)20-6-2/h5-10H2,1-4H3. The lowest BCUT2D eigenvalue weighted by atomic mass is 10.1. The summed E-state index contributed by atoms with van der Waals surface area (Å²) in [6, 6.07) is 0. The maximum Gasteiger partial charge on any atom is 0.349 e. The minimum atomic E-state index is -1.08.